The van der Waals surface area contributed by atoms with E-state index in [1.807, 2.05) is 13.8 Å². The van der Waals surface area contributed by atoms with Crippen LogP contribution in [0.2, 0.25) is 0 Å². The van der Waals surface area contributed by atoms with E-state index in [-0.39, 0.29) is 53.1 Å². The molecule has 3 aliphatic rings. The first-order chi connectivity index (χ1) is 16.5. The Kier molecular flexibility index (Phi) is 31.6. The Bertz CT molecular complexity index is 528. The summed E-state index contributed by atoms with van der Waals surface area (Å²) in [6.07, 6.45) is 12.3. The van der Waals surface area contributed by atoms with Crippen LogP contribution in [-0.4, -0.2) is 71.0 Å². The van der Waals surface area contributed by atoms with Gasteiger partial charge < -0.3 is 21.1 Å². The molecule has 3 atom stereocenters. The number of aliphatic hydroxyl groups excluding tert-OH is 3. The van der Waals surface area contributed by atoms with Gasteiger partial charge in [0.15, 0.2) is 0 Å². The van der Waals surface area contributed by atoms with Crippen molar-refractivity contribution in [2.75, 3.05) is 26.9 Å². The fourth-order valence-electron chi connectivity index (χ4n) is 4.12. The lowest BCUT2D eigenvalue weighted by Gasteiger charge is -2.41. The minimum absolute atomic E-state index is 0. The van der Waals surface area contributed by atoms with Crippen LogP contribution in [-0.2, 0) is 4.79 Å². The normalized spacial score (nSPS) is 18.8. The van der Waals surface area contributed by atoms with Crippen molar-refractivity contribution in [1.29, 1.82) is 0 Å². The third-order valence-electron chi connectivity index (χ3n) is 8.15. The average Bonchev–Trinajstić information content (AvgIpc) is 2.71. The van der Waals surface area contributed by atoms with E-state index in [0.29, 0.717) is 48.7 Å². The van der Waals surface area contributed by atoms with Gasteiger partial charge in [-0.2, -0.15) is 40.5 Å². The molecule has 9 heteroatoms. The van der Waals surface area contributed by atoms with Crippen LogP contribution < -0.4 is 5.73 Å². The summed E-state index contributed by atoms with van der Waals surface area (Å²) in [7, 11) is 2.14. The van der Waals surface area contributed by atoms with Gasteiger partial charge in [-0.25, -0.2) is 0 Å². The Balaban J connectivity index is -0.000000206. The smallest absolute Gasteiger partial charge is 0.132 e. The summed E-state index contributed by atoms with van der Waals surface area (Å²) >= 11 is 0. The van der Waals surface area contributed by atoms with Crippen molar-refractivity contribution in [3.05, 3.63) is 0 Å². The van der Waals surface area contributed by atoms with Gasteiger partial charge in [0.1, 0.15) is 5.78 Å². The van der Waals surface area contributed by atoms with Crippen LogP contribution >= 0.6 is 40.5 Å². The molecule has 0 aromatic heterocycles. The first-order valence-corrected chi connectivity index (χ1v) is 14.3. The molecule has 3 rings (SSSR count). The Morgan fingerprint density at radius 2 is 1.24 bits per heavy atom. The van der Waals surface area contributed by atoms with Crippen molar-refractivity contribution < 1.29 is 20.1 Å². The first-order valence-electron chi connectivity index (χ1n) is 14.3. The molecule has 3 aliphatic carbocycles. The van der Waals surface area contributed by atoms with Crippen LogP contribution in [0.4, 0.5) is 0 Å². The summed E-state index contributed by atoms with van der Waals surface area (Å²) in [6.45, 7) is 13.5. The van der Waals surface area contributed by atoms with Gasteiger partial charge in [0.2, 0.25) is 0 Å². The van der Waals surface area contributed by atoms with E-state index in [1.54, 1.807) is 0 Å². The Labute approximate surface area is 256 Å². The summed E-state index contributed by atoms with van der Waals surface area (Å²) < 4.78 is 0. The highest BCUT2D eigenvalue weighted by Crippen LogP contribution is 2.34. The molecule has 234 valence electrons. The van der Waals surface area contributed by atoms with Crippen molar-refractivity contribution >= 4 is 46.3 Å². The van der Waals surface area contributed by atoms with Gasteiger partial charge in [-0.1, -0.05) is 67.2 Å². The number of hydrogen-bond donors (Lipinski definition) is 4. The lowest BCUT2D eigenvalue weighted by Crippen LogP contribution is -2.47. The van der Waals surface area contributed by atoms with Crippen LogP contribution in [0.15, 0.2) is 0 Å². The summed E-state index contributed by atoms with van der Waals surface area (Å²) in [5.41, 5.74) is 5.37. The van der Waals surface area contributed by atoms with Gasteiger partial charge in [0.05, 0.1) is 13.2 Å². The number of ketones is 1. The zero-order valence-corrected chi connectivity index (χ0v) is 28.6. The number of hydrogen-bond acceptors (Lipinski definition) is 6. The number of rotatable bonds is 10. The molecule has 0 aromatic carbocycles. The van der Waals surface area contributed by atoms with Gasteiger partial charge >= 0.3 is 0 Å². The molecule has 0 aliphatic heterocycles. The molecule has 38 heavy (non-hydrogen) atoms. The van der Waals surface area contributed by atoms with Crippen molar-refractivity contribution in [2.24, 2.45) is 35.3 Å². The molecule has 0 amide bonds. The topological polar surface area (TPSA) is 107 Å². The zero-order valence-electron chi connectivity index (χ0n) is 25.6. The predicted molar refractivity (Wildman–Crippen MR) is 178 cm³/mol. The Morgan fingerprint density at radius 1 is 0.763 bits per heavy atom. The molecule has 3 saturated carbocycles. The van der Waals surface area contributed by atoms with E-state index >= 15 is 0 Å². The van der Waals surface area contributed by atoms with Gasteiger partial charge in [-0.15, -0.1) is 0 Å². The second kappa shape index (κ2) is 26.4. The molecule has 0 spiro atoms. The SMILES string of the molecule is CC(C)[C@@H](CO)CC1CCC1.CC(C)[C@@H](CO)N(C)C1CCC1.CC(C)[C@H](N)CO.O=C1CCC1.S.S.S. The van der Waals surface area contributed by atoms with Gasteiger partial charge in [0.25, 0.3) is 0 Å². The van der Waals surface area contributed by atoms with E-state index in [4.69, 9.17) is 15.9 Å². The number of carbonyl (C=O) groups excluding carboxylic acids is 1. The van der Waals surface area contributed by atoms with Crippen LogP contribution in [0, 0.1) is 29.6 Å². The molecule has 5 N–H and O–H groups in total. The number of nitrogens with zero attached hydrogens (tertiary/aromatic N) is 1. The van der Waals surface area contributed by atoms with Crippen molar-refractivity contribution in [2.45, 2.75) is 124 Å². The maximum absolute atomic E-state index is 9.90. The predicted octanol–water partition coefficient (Wildman–Crippen LogP) is 4.97. The van der Waals surface area contributed by atoms with E-state index in [9.17, 15) is 9.90 Å². The minimum Gasteiger partial charge on any atom is -0.396 e. The standard InChI is InChI=1S/C10H21NO.C10H20O.C5H13NO.C4H6O.3H2S/c1-8(2)10(7-12)11(3)9-5-4-6-9;1-8(2)10(7-11)6-9-4-3-5-9;1-4(2)5(6)3-7;5-4-2-1-3-4;;;/h8-10,12H,4-7H2,1-3H3;8-11H,3-7H2,1-2H3;4-5,7H,3,6H2,1-2H3;1-3H2;3*1H2/t2*10-;5-;;;;/m111..../s1. The van der Waals surface area contributed by atoms with E-state index < -0.39 is 0 Å². The first kappa shape index (κ1) is 45.5. The highest BCUT2D eigenvalue weighted by atomic mass is 32.1. The highest BCUT2D eigenvalue weighted by Gasteiger charge is 2.28. The van der Waals surface area contributed by atoms with E-state index in [1.165, 1.54) is 44.9 Å². The maximum atomic E-state index is 9.90. The van der Waals surface area contributed by atoms with Gasteiger partial charge in [-0.05, 0) is 62.3 Å². The molecular weight excluding hydrogens is 537 g/mol. The summed E-state index contributed by atoms with van der Waals surface area (Å²) in [5.74, 6) is 3.53. The van der Waals surface area contributed by atoms with Crippen LogP contribution in [0.1, 0.15) is 106 Å². The second-order valence-corrected chi connectivity index (χ2v) is 11.9. The monoisotopic (exact) mass is 602 g/mol. The number of Topliss-reactive ketones (excluding diaryl/α,β-unsaturated/α-hetero) is 1. The number of likely N-dealkylation sites (N-methyl/N-ethyl adjacent to an activating group) is 1. The molecule has 0 heterocycles. The van der Waals surface area contributed by atoms with Crippen LogP contribution in [0.5, 0.6) is 0 Å². The summed E-state index contributed by atoms with van der Waals surface area (Å²) in [4.78, 5) is 12.3. The summed E-state index contributed by atoms with van der Waals surface area (Å²) in [6, 6.07) is 1.06. The van der Waals surface area contributed by atoms with Gasteiger partial charge in [0, 0.05) is 37.6 Å². The molecule has 0 radical (unpaired) electrons. The lowest BCUT2D eigenvalue weighted by molar-refractivity contribution is -0.123. The van der Waals surface area contributed by atoms with Crippen molar-refractivity contribution in [1.82, 2.24) is 4.90 Å². The average molecular weight is 603 g/mol. The molecule has 6 nitrogen and oxygen atoms in total. The molecular formula is C29H66N2O4S3. The van der Waals surface area contributed by atoms with Gasteiger partial charge in [-0.3, -0.25) is 9.69 Å². The fourth-order valence-corrected chi connectivity index (χ4v) is 4.12. The lowest BCUT2D eigenvalue weighted by atomic mass is 9.76. The van der Waals surface area contributed by atoms with Crippen molar-refractivity contribution in [3.63, 3.8) is 0 Å². The van der Waals surface area contributed by atoms with E-state index in [0.717, 1.165) is 31.2 Å². The van der Waals surface area contributed by atoms with Crippen LogP contribution in [0.3, 0.4) is 0 Å². The highest BCUT2D eigenvalue weighted by molar-refractivity contribution is 7.59. The molecule has 3 fully saturated rings. The number of carbonyl (C=O) groups is 1. The third kappa shape index (κ3) is 19.6. The summed E-state index contributed by atoms with van der Waals surface area (Å²) in [5, 5.41) is 26.6. The number of aliphatic hydroxyl groups is 3. The Morgan fingerprint density at radius 3 is 1.39 bits per heavy atom. The molecule has 0 aromatic rings. The minimum atomic E-state index is -0.0417. The maximum Gasteiger partial charge on any atom is 0.132 e. The fraction of sp³-hybridized carbons (Fsp3) is 0.966. The van der Waals surface area contributed by atoms with E-state index in [2.05, 4.69) is 39.6 Å². The number of nitrogens with two attached hydrogens (primary N) is 1. The molecule has 0 saturated heterocycles. The zero-order chi connectivity index (χ0) is 27.0. The second-order valence-electron chi connectivity index (χ2n) is 11.9. The van der Waals surface area contributed by atoms with Crippen LogP contribution in [0.25, 0.3) is 0 Å². The Hall–Kier alpha value is 0.520. The quantitative estimate of drug-likeness (QED) is 0.281. The third-order valence-corrected chi connectivity index (χ3v) is 8.15. The van der Waals surface area contributed by atoms with Crippen molar-refractivity contribution in [3.8, 4) is 0 Å². The largest absolute Gasteiger partial charge is 0.396 e. The molecule has 0 unspecified atom stereocenters. The molecule has 0 bridgehead atoms.